The van der Waals surface area contributed by atoms with Crippen LogP contribution in [0.25, 0.3) is 22.2 Å². The minimum absolute atomic E-state index is 0. The van der Waals surface area contributed by atoms with Crippen molar-refractivity contribution in [3.63, 3.8) is 0 Å². The van der Waals surface area contributed by atoms with Crippen LogP contribution in [-0.2, 0) is 12.6 Å². The lowest BCUT2D eigenvalue weighted by atomic mass is 9.94. The van der Waals surface area contributed by atoms with Crippen LogP contribution < -0.4 is 5.73 Å². The highest BCUT2D eigenvalue weighted by atomic mass is 35.5. The van der Waals surface area contributed by atoms with Gasteiger partial charge in [0.25, 0.3) is 0 Å². The van der Waals surface area contributed by atoms with Gasteiger partial charge in [0, 0.05) is 29.1 Å². The fourth-order valence-electron chi connectivity index (χ4n) is 3.20. The number of nitrogens with zero attached hydrogens (tertiary/aromatic N) is 2. The average molecular weight is 420 g/mol. The van der Waals surface area contributed by atoms with Gasteiger partial charge in [-0.3, -0.25) is 0 Å². The van der Waals surface area contributed by atoms with E-state index in [1.807, 2.05) is 48.5 Å². The van der Waals surface area contributed by atoms with Crippen molar-refractivity contribution in [3.8, 4) is 11.3 Å². The molecule has 4 rings (SSSR count). The number of hydrogen-bond acceptors (Lipinski definition) is 4. The van der Waals surface area contributed by atoms with E-state index in [-0.39, 0.29) is 24.5 Å². The first-order valence-corrected chi connectivity index (χ1v) is 8.66. The van der Waals surface area contributed by atoms with Crippen LogP contribution in [0.5, 0.6) is 0 Å². The van der Waals surface area contributed by atoms with Gasteiger partial charge < -0.3 is 10.3 Å². The zero-order valence-electron chi connectivity index (χ0n) is 15.1. The van der Waals surface area contributed by atoms with Crippen molar-refractivity contribution < 1.29 is 17.7 Å². The number of alkyl halides is 3. The van der Waals surface area contributed by atoms with Gasteiger partial charge in [-0.05, 0) is 29.8 Å². The van der Waals surface area contributed by atoms with E-state index in [9.17, 15) is 13.2 Å². The Hall–Kier alpha value is -2.90. The summed E-state index contributed by atoms with van der Waals surface area (Å²) in [5.74, 6) is 0. The summed E-state index contributed by atoms with van der Waals surface area (Å²) in [6, 6.07) is 18.2. The van der Waals surface area contributed by atoms with Gasteiger partial charge in [-0.25, -0.2) is 4.98 Å². The Morgan fingerprint density at radius 1 is 0.931 bits per heavy atom. The van der Waals surface area contributed by atoms with Crippen molar-refractivity contribution >= 4 is 23.4 Å². The number of benzene rings is 2. The number of para-hydroxylation sites is 1. The second-order valence-electron chi connectivity index (χ2n) is 6.44. The summed E-state index contributed by atoms with van der Waals surface area (Å²) in [5.41, 5.74) is 8.57. The Morgan fingerprint density at radius 3 is 2.45 bits per heavy atom. The normalized spacial score (nSPS) is 12.6. The Balaban J connectivity index is 0.00000240. The van der Waals surface area contributed by atoms with E-state index in [0.717, 1.165) is 22.6 Å². The molecule has 0 aliphatic heterocycles. The van der Waals surface area contributed by atoms with Gasteiger partial charge in [0.15, 0.2) is 5.58 Å². The molecule has 4 nitrogen and oxygen atoms in total. The van der Waals surface area contributed by atoms with E-state index in [4.69, 9.17) is 10.3 Å². The molecule has 0 aliphatic rings. The van der Waals surface area contributed by atoms with Crippen LogP contribution >= 0.6 is 12.4 Å². The molecule has 0 bridgehead atoms. The summed E-state index contributed by atoms with van der Waals surface area (Å²) < 4.78 is 44.1. The zero-order valence-corrected chi connectivity index (χ0v) is 15.9. The maximum absolute atomic E-state index is 12.9. The maximum atomic E-state index is 12.9. The topological polar surface area (TPSA) is 64.9 Å². The second-order valence-corrected chi connectivity index (χ2v) is 6.44. The predicted octanol–water partition coefficient (Wildman–Crippen LogP) is 5.57. The third-order valence-electron chi connectivity index (χ3n) is 4.52. The van der Waals surface area contributed by atoms with Gasteiger partial charge in [0.1, 0.15) is 11.4 Å². The van der Waals surface area contributed by atoms with Crippen LogP contribution in [0.4, 0.5) is 13.2 Å². The lowest BCUT2D eigenvalue weighted by Gasteiger charge is -2.16. The minimum atomic E-state index is -4.49. The number of nitrogens with two attached hydrogens (primary N) is 1. The first-order valence-electron chi connectivity index (χ1n) is 8.66. The van der Waals surface area contributed by atoms with Crippen LogP contribution in [0.3, 0.4) is 0 Å². The molecule has 0 saturated heterocycles. The Morgan fingerprint density at radius 2 is 1.66 bits per heavy atom. The van der Waals surface area contributed by atoms with E-state index >= 15 is 0 Å². The lowest BCUT2D eigenvalue weighted by Crippen LogP contribution is -2.17. The average Bonchev–Trinajstić information content (AvgIpc) is 3.11. The van der Waals surface area contributed by atoms with Crippen LogP contribution in [0.15, 0.2) is 71.3 Å². The number of rotatable bonds is 4. The van der Waals surface area contributed by atoms with Crippen molar-refractivity contribution in [2.75, 3.05) is 0 Å². The van der Waals surface area contributed by atoms with Crippen LogP contribution in [0, 0.1) is 0 Å². The third kappa shape index (κ3) is 4.26. The van der Waals surface area contributed by atoms with E-state index in [2.05, 4.69) is 10.1 Å². The van der Waals surface area contributed by atoms with Crippen LogP contribution in [-0.4, -0.2) is 10.1 Å². The molecule has 2 aromatic heterocycles. The standard InChI is InChI=1S/C21H16F3N3O.ClH/c22-21(23,24)19-11-5-6-13(26-19)12-17(25)14-7-1-2-8-15(14)20-16-9-3-4-10-18(16)28-27-20;/h1-11,17H,12,25H2;1H. The first-order chi connectivity index (χ1) is 13.4. The van der Waals surface area contributed by atoms with Gasteiger partial charge in [0.2, 0.25) is 0 Å². The minimum Gasteiger partial charge on any atom is -0.356 e. The van der Waals surface area contributed by atoms with Crippen LogP contribution in [0.2, 0.25) is 0 Å². The van der Waals surface area contributed by atoms with Crippen LogP contribution in [0.1, 0.15) is 23.0 Å². The largest absolute Gasteiger partial charge is 0.433 e. The number of halogens is 4. The van der Waals surface area contributed by atoms with Gasteiger partial charge in [0.05, 0.1) is 0 Å². The summed E-state index contributed by atoms with van der Waals surface area (Å²) in [4.78, 5) is 3.71. The quantitative estimate of drug-likeness (QED) is 0.469. The highest BCUT2D eigenvalue weighted by Gasteiger charge is 2.32. The summed E-state index contributed by atoms with van der Waals surface area (Å²) >= 11 is 0. The molecule has 29 heavy (non-hydrogen) atoms. The fourth-order valence-corrected chi connectivity index (χ4v) is 3.20. The molecule has 1 atom stereocenters. The van der Waals surface area contributed by atoms with Gasteiger partial charge in [-0.2, -0.15) is 13.2 Å². The molecule has 150 valence electrons. The Kier molecular flexibility index (Phi) is 5.91. The summed E-state index contributed by atoms with van der Waals surface area (Å²) in [6.45, 7) is 0. The van der Waals surface area contributed by atoms with E-state index in [0.29, 0.717) is 11.3 Å². The number of pyridine rings is 1. The van der Waals surface area contributed by atoms with E-state index in [1.165, 1.54) is 6.07 Å². The van der Waals surface area contributed by atoms with Gasteiger partial charge in [-0.1, -0.05) is 47.6 Å². The molecule has 0 aliphatic carbocycles. The molecule has 2 aromatic carbocycles. The third-order valence-corrected chi connectivity index (χ3v) is 4.52. The highest BCUT2D eigenvalue weighted by molar-refractivity contribution is 5.92. The van der Waals surface area contributed by atoms with Crippen molar-refractivity contribution in [3.05, 3.63) is 83.7 Å². The molecule has 2 N–H and O–H groups in total. The molecule has 0 spiro atoms. The summed E-state index contributed by atoms with van der Waals surface area (Å²) in [6.07, 6.45) is -4.33. The second kappa shape index (κ2) is 8.23. The Labute approximate surface area is 170 Å². The molecule has 1 unspecified atom stereocenters. The molecule has 2 heterocycles. The molecule has 8 heteroatoms. The monoisotopic (exact) mass is 419 g/mol. The number of hydrogen-bond donors (Lipinski definition) is 1. The van der Waals surface area contributed by atoms with Crippen molar-refractivity contribution in [1.82, 2.24) is 10.1 Å². The molecule has 0 amide bonds. The SMILES string of the molecule is Cl.NC(Cc1cccc(C(F)(F)F)n1)c1ccccc1-c1noc2ccccc12. The van der Waals surface area contributed by atoms with Gasteiger partial charge in [-0.15, -0.1) is 12.4 Å². The number of aromatic nitrogens is 2. The van der Waals surface area contributed by atoms with Crippen molar-refractivity contribution in [2.45, 2.75) is 18.6 Å². The van der Waals surface area contributed by atoms with Crippen molar-refractivity contribution in [2.24, 2.45) is 5.73 Å². The lowest BCUT2D eigenvalue weighted by molar-refractivity contribution is -0.141. The Bertz CT molecular complexity index is 1130. The molecule has 0 radical (unpaired) electrons. The highest BCUT2D eigenvalue weighted by Crippen LogP contribution is 2.33. The molecular formula is C21H17ClF3N3O. The van der Waals surface area contributed by atoms with E-state index < -0.39 is 17.9 Å². The van der Waals surface area contributed by atoms with E-state index in [1.54, 1.807) is 6.07 Å². The molecule has 0 fully saturated rings. The fraction of sp³-hybridized carbons (Fsp3) is 0.143. The summed E-state index contributed by atoms with van der Waals surface area (Å²) in [5, 5.41) is 5.01. The molecule has 4 aromatic rings. The maximum Gasteiger partial charge on any atom is 0.433 e. The zero-order chi connectivity index (χ0) is 19.7. The predicted molar refractivity (Wildman–Crippen MR) is 107 cm³/mol. The number of fused-ring (bicyclic) bond motifs is 1. The molecular weight excluding hydrogens is 403 g/mol. The van der Waals surface area contributed by atoms with Crippen molar-refractivity contribution in [1.29, 1.82) is 0 Å². The summed E-state index contributed by atoms with van der Waals surface area (Å²) in [7, 11) is 0. The first kappa shape index (κ1) is 20.8. The molecule has 0 saturated carbocycles. The van der Waals surface area contributed by atoms with Gasteiger partial charge >= 0.3 is 6.18 Å². The smallest absolute Gasteiger partial charge is 0.356 e.